The van der Waals surface area contributed by atoms with E-state index in [4.69, 9.17) is 9.47 Å². The molecule has 0 bridgehead atoms. The number of ether oxygens (including phenoxy) is 2. The molecule has 0 atom stereocenters. The molecule has 0 saturated heterocycles. The number of likely N-dealkylation sites (N-methyl/N-ethyl adjacent to an activating group) is 1. The monoisotopic (exact) mass is 279 g/mol. The van der Waals surface area contributed by atoms with Crippen LogP contribution in [0.4, 0.5) is 0 Å². The predicted octanol–water partition coefficient (Wildman–Crippen LogP) is 1.98. The Hall–Kier alpha value is -1.66. The average molecular weight is 279 g/mol. The first-order valence-corrected chi connectivity index (χ1v) is 6.79. The fourth-order valence-corrected chi connectivity index (χ4v) is 2.51. The standard InChI is InChI=1S/C13H17N3O2S/c1-14-7-6-12-15-16-13(19-12)9-4-5-10(17-2)11(8-9)18-3/h4-5,8,14H,6-7H2,1-3H3. The van der Waals surface area contributed by atoms with Crippen molar-refractivity contribution in [3.8, 4) is 22.1 Å². The van der Waals surface area contributed by atoms with Crippen LogP contribution in [-0.4, -0.2) is 38.0 Å². The molecule has 0 unspecified atom stereocenters. The van der Waals surface area contributed by atoms with Crippen molar-refractivity contribution in [3.05, 3.63) is 23.2 Å². The van der Waals surface area contributed by atoms with E-state index in [9.17, 15) is 0 Å². The van der Waals surface area contributed by atoms with Crippen molar-refractivity contribution >= 4 is 11.3 Å². The molecule has 0 aliphatic carbocycles. The van der Waals surface area contributed by atoms with Gasteiger partial charge in [0, 0.05) is 18.5 Å². The molecule has 5 nitrogen and oxygen atoms in total. The van der Waals surface area contributed by atoms with Crippen molar-refractivity contribution in [3.63, 3.8) is 0 Å². The molecule has 6 heteroatoms. The maximum absolute atomic E-state index is 5.29. The van der Waals surface area contributed by atoms with E-state index in [1.165, 1.54) is 0 Å². The van der Waals surface area contributed by atoms with E-state index >= 15 is 0 Å². The number of hydrogen-bond donors (Lipinski definition) is 1. The van der Waals surface area contributed by atoms with Gasteiger partial charge >= 0.3 is 0 Å². The lowest BCUT2D eigenvalue weighted by Gasteiger charge is -2.07. The highest BCUT2D eigenvalue weighted by Gasteiger charge is 2.10. The van der Waals surface area contributed by atoms with Crippen molar-refractivity contribution < 1.29 is 9.47 Å². The summed E-state index contributed by atoms with van der Waals surface area (Å²) in [4.78, 5) is 0. The molecule has 2 rings (SSSR count). The third kappa shape index (κ3) is 3.21. The number of rotatable bonds is 6. The molecule has 0 spiro atoms. The summed E-state index contributed by atoms with van der Waals surface area (Å²) in [6.07, 6.45) is 0.890. The highest BCUT2D eigenvalue weighted by Crippen LogP contribution is 2.33. The van der Waals surface area contributed by atoms with Gasteiger partial charge in [-0.1, -0.05) is 11.3 Å². The van der Waals surface area contributed by atoms with Crippen LogP contribution in [-0.2, 0) is 6.42 Å². The fourth-order valence-electron chi connectivity index (χ4n) is 1.67. The summed E-state index contributed by atoms with van der Waals surface area (Å²) in [5, 5.41) is 13.4. The molecule has 1 N–H and O–H groups in total. The Morgan fingerprint density at radius 2 is 1.95 bits per heavy atom. The minimum atomic E-state index is 0.701. The molecule has 102 valence electrons. The average Bonchev–Trinajstić information content (AvgIpc) is 2.93. The summed E-state index contributed by atoms with van der Waals surface area (Å²) >= 11 is 1.60. The molecule has 0 amide bonds. The molecular weight excluding hydrogens is 262 g/mol. The van der Waals surface area contributed by atoms with Crippen LogP contribution in [0.5, 0.6) is 11.5 Å². The first kappa shape index (κ1) is 13.8. The molecule has 1 aromatic heterocycles. The van der Waals surface area contributed by atoms with Crippen molar-refractivity contribution in [1.82, 2.24) is 15.5 Å². The molecule has 1 heterocycles. The number of hydrogen-bond acceptors (Lipinski definition) is 6. The highest BCUT2D eigenvalue weighted by atomic mass is 32.1. The first-order chi connectivity index (χ1) is 9.28. The van der Waals surface area contributed by atoms with Crippen LogP contribution in [0.2, 0.25) is 0 Å². The second-order valence-corrected chi connectivity index (χ2v) is 4.99. The van der Waals surface area contributed by atoms with Gasteiger partial charge in [0.05, 0.1) is 14.2 Å². The molecule has 0 radical (unpaired) electrons. The number of methoxy groups -OCH3 is 2. The van der Waals surface area contributed by atoms with Gasteiger partial charge in [0.2, 0.25) is 0 Å². The summed E-state index contributed by atoms with van der Waals surface area (Å²) in [5.41, 5.74) is 0.992. The van der Waals surface area contributed by atoms with E-state index in [0.717, 1.165) is 28.5 Å². The van der Waals surface area contributed by atoms with E-state index in [1.54, 1.807) is 25.6 Å². The third-order valence-electron chi connectivity index (χ3n) is 2.69. The smallest absolute Gasteiger partial charge is 0.161 e. The second kappa shape index (κ2) is 6.49. The van der Waals surface area contributed by atoms with Crippen LogP contribution in [0.1, 0.15) is 5.01 Å². The molecule has 0 aliphatic heterocycles. The van der Waals surface area contributed by atoms with Crippen LogP contribution < -0.4 is 14.8 Å². The molecule has 0 saturated carbocycles. The highest BCUT2D eigenvalue weighted by molar-refractivity contribution is 7.14. The summed E-state index contributed by atoms with van der Waals surface area (Å²) in [7, 11) is 5.18. The number of nitrogens with zero attached hydrogens (tertiary/aromatic N) is 2. The Bertz CT molecular complexity index is 542. The largest absolute Gasteiger partial charge is 0.493 e. The molecule has 1 aromatic carbocycles. The van der Waals surface area contributed by atoms with Crippen LogP contribution in [0.3, 0.4) is 0 Å². The van der Waals surface area contributed by atoms with E-state index in [1.807, 2.05) is 25.2 Å². The molecule has 0 aliphatic rings. The van der Waals surface area contributed by atoms with E-state index < -0.39 is 0 Å². The van der Waals surface area contributed by atoms with Crippen molar-refractivity contribution in [2.75, 3.05) is 27.8 Å². The minimum Gasteiger partial charge on any atom is -0.493 e. The lowest BCUT2D eigenvalue weighted by atomic mass is 10.2. The van der Waals surface area contributed by atoms with Crippen LogP contribution >= 0.6 is 11.3 Å². The van der Waals surface area contributed by atoms with Gasteiger partial charge in [-0.2, -0.15) is 0 Å². The van der Waals surface area contributed by atoms with Gasteiger partial charge in [-0.05, 0) is 25.2 Å². The minimum absolute atomic E-state index is 0.701. The second-order valence-electron chi connectivity index (χ2n) is 3.92. The van der Waals surface area contributed by atoms with Gasteiger partial charge in [-0.25, -0.2) is 0 Å². The quantitative estimate of drug-likeness (QED) is 0.876. The zero-order chi connectivity index (χ0) is 13.7. The Morgan fingerprint density at radius 3 is 2.63 bits per heavy atom. The number of benzene rings is 1. The third-order valence-corrected chi connectivity index (χ3v) is 3.72. The lowest BCUT2D eigenvalue weighted by Crippen LogP contribution is -2.09. The molecule has 19 heavy (non-hydrogen) atoms. The van der Waals surface area contributed by atoms with Crippen LogP contribution in [0.25, 0.3) is 10.6 Å². The SMILES string of the molecule is CNCCc1nnc(-c2ccc(OC)c(OC)c2)s1. The Morgan fingerprint density at radius 1 is 1.16 bits per heavy atom. The normalized spacial score (nSPS) is 10.5. The van der Waals surface area contributed by atoms with Gasteiger partial charge in [-0.15, -0.1) is 10.2 Å². The van der Waals surface area contributed by atoms with Gasteiger partial charge in [0.25, 0.3) is 0 Å². The van der Waals surface area contributed by atoms with Gasteiger partial charge in [0.1, 0.15) is 10.0 Å². The van der Waals surface area contributed by atoms with Gasteiger partial charge in [0.15, 0.2) is 11.5 Å². The van der Waals surface area contributed by atoms with Crippen LogP contribution in [0.15, 0.2) is 18.2 Å². The summed E-state index contributed by atoms with van der Waals surface area (Å²) in [6, 6.07) is 5.76. The Balaban J connectivity index is 2.23. The molecule has 2 aromatic rings. The van der Waals surface area contributed by atoms with Crippen molar-refractivity contribution in [2.45, 2.75) is 6.42 Å². The van der Waals surface area contributed by atoms with E-state index in [2.05, 4.69) is 15.5 Å². The summed E-state index contributed by atoms with van der Waals surface area (Å²) in [5.74, 6) is 1.41. The van der Waals surface area contributed by atoms with Crippen molar-refractivity contribution in [2.24, 2.45) is 0 Å². The Labute approximate surface area is 116 Å². The van der Waals surface area contributed by atoms with Gasteiger partial charge in [-0.3, -0.25) is 0 Å². The summed E-state index contributed by atoms with van der Waals surface area (Å²) in [6.45, 7) is 0.903. The molecule has 0 fully saturated rings. The maximum atomic E-state index is 5.29. The van der Waals surface area contributed by atoms with Crippen molar-refractivity contribution in [1.29, 1.82) is 0 Å². The topological polar surface area (TPSA) is 56.3 Å². The van der Waals surface area contributed by atoms with E-state index in [-0.39, 0.29) is 0 Å². The fraction of sp³-hybridized carbons (Fsp3) is 0.385. The van der Waals surface area contributed by atoms with E-state index in [0.29, 0.717) is 11.5 Å². The first-order valence-electron chi connectivity index (χ1n) is 5.98. The number of nitrogens with one attached hydrogen (secondary N) is 1. The lowest BCUT2D eigenvalue weighted by molar-refractivity contribution is 0.355. The summed E-state index contributed by atoms with van der Waals surface area (Å²) < 4.78 is 10.5. The maximum Gasteiger partial charge on any atom is 0.161 e. The van der Waals surface area contributed by atoms with Crippen LogP contribution in [0, 0.1) is 0 Å². The zero-order valence-electron chi connectivity index (χ0n) is 11.3. The Kier molecular flexibility index (Phi) is 4.70. The molecular formula is C13H17N3O2S. The predicted molar refractivity (Wildman–Crippen MR) is 76.1 cm³/mol. The number of aromatic nitrogens is 2. The zero-order valence-corrected chi connectivity index (χ0v) is 12.1. The van der Waals surface area contributed by atoms with Gasteiger partial charge < -0.3 is 14.8 Å².